The van der Waals surface area contributed by atoms with Gasteiger partial charge in [0.25, 0.3) is 5.91 Å². The molecule has 0 aromatic heterocycles. The maximum Gasteiger partial charge on any atom is 0.252 e. The summed E-state index contributed by atoms with van der Waals surface area (Å²) in [4.78, 5) is 28.7. The zero-order valence-electron chi connectivity index (χ0n) is 15.7. The second-order valence-electron chi connectivity index (χ2n) is 6.32. The molecule has 0 radical (unpaired) electrons. The topological polar surface area (TPSA) is 52.7 Å². The van der Waals surface area contributed by atoms with E-state index in [9.17, 15) is 9.59 Å². The van der Waals surface area contributed by atoms with E-state index < -0.39 is 0 Å². The highest BCUT2D eigenvalue weighted by Crippen LogP contribution is 2.23. The van der Waals surface area contributed by atoms with Crippen LogP contribution >= 0.6 is 11.8 Å². The van der Waals surface area contributed by atoms with Crippen LogP contribution in [0.2, 0.25) is 0 Å². The molecule has 2 aromatic rings. The summed E-state index contributed by atoms with van der Waals surface area (Å²) in [6.07, 6.45) is 0. The van der Waals surface area contributed by atoms with Crippen molar-refractivity contribution < 1.29 is 9.59 Å². The largest absolute Gasteiger partial charge is 0.378 e. The van der Waals surface area contributed by atoms with Gasteiger partial charge in [-0.3, -0.25) is 9.59 Å². The van der Waals surface area contributed by atoms with Gasteiger partial charge < -0.3 is 15.1 Å². The molecule has 138 valence electrons. The summed E-state index contributed by atoms with van der Waals surface area (Å²) in [5.41, 5.74) is 2.75. The fraction of sp³-hybridized carbons (Fsp3) is 0.300. The van der Waals surface area contributed by atoms with E-state index in [0.29, 0.717) is 17.9 Å². The third-order valence-electron chi connectivity index (χ3n) is 3.89. The lowest BCUT2D eigenvalue weighted by Gasteiger charge is -2.14. The molecule has 2 amide bonds. The van der Waals surface area contributed by atoms with Gasteiger partial charge >= 0.3 is 0 Å². The van der Waals surface area contributed by atoms with Crippen molar-refractivity contribution in [1.29, 1.82) is 0 Å². The van der Waals surface area contributed by atoms with Crippen molar-refractivity contribution in [2.75, 3.05) is 38.8 Å². The predicted octanol–water partition coefficient (Wildman–Crippen LogP) is 2.86. The lowest BCUT2D eigenvalue weighted by Crippen LogP contribution is -2.25. The molecule has 1 N–H and O–H groups in total. The summed E-state index contributed by atoms with van der Waals surface area (Å²) < 4.78 is 0. The molecule has 0 unspecified atom stereocenters. The molecule has 0 aliphatic heterocycles. The fourth-order valence-electron chi connectivity index (χ4n) is 2.24. The highest BCUT2D eigenvalue weighted by molar-refractivity contribution is 8.00. The first-order valence-electron chi connectivity index (χ1n) is 8.35. The third kappa shape index (κ3) is 5.52. The fourth-order valence-corrected chi connectivity index (χ4v) is 3.27. The van der Waals surface area contributed by atoms with Gasteiger partial charge in [-0.2, -0.15) is 0 Å². The molecule has 0 spiro atoms. The number of rotatable bonds is 7. The molecule has 0 aliphatic carbocycles. The van der Waals surface area contributed by atoms with E-state index in [-0.39, 0.29) is 11.8 Å². The van der Waals surface area contributed by atoms with Gasteiger partial charge in [0.05, 0.1) is 11.3 Å². The lowest BCUT2D eigenvalue weighted by molar-refractivity contribution is -0.125. The Bertz CT molecular complexity index is 758. The Morgan fingerprint density at radius 3 is 2.23 bits per heavy atom. The van der Waals surface area contributed by atoms with Gasteiger partial charge in [0.2, 0.25) is 5.91 Å². The van der Waals surface area contributed by atoms with Gasteiger partial charge in [-0.15, -0.1) is 11.8 Å². The molecule has 2 rings (SSSR count). The van der Waals surface area contributed by atoms with Crippen molar-refractivity contribution in [2.24, 2.45) is 0 Å². The quantitative estimate of drug-likeness (QED) is 0.761. The number of nitrogens with zero attached hydrogens (tertiary/aromatic N) is 2. The Balaban J connectivity index is 1.99. The van der Waals surface area contributed by atoms with Crippen LogP contribution in [0.4, 0.5) is 5.69 Å². The number of thioether (sulfide) groups is 1. The Morgan fingerprint density at radius 1 is 0.962 bits per heavy atom. The van der Waals surface area contributed by atoms with E-state index in [0.717, 1.165) is 16.1 Å². The van der Waals surface area contributed by atoms with E-state index in [1.54, 1.807) is 25.1 Å². The monoisotopic (exact) mass is 371 g/mol. The number of amides is 2. The van der Waals surface area contributed by atoms with Crippen molar-refractivity contribution in [3.8, 4) is 0 Å². The first-order chi connectivity index (χ1) is 12.4. The van der Waals surface area contributed by atoms with Gasteiger partial charge in [0.15, 0.2) is 0 Å². The minimum atomic E-state index is -0.137. The number of benzene rings is 2. The maximum atomic E-state index is 12.6. The van der Waals surface area contributed by atoms with Crippen LogP contribution in [0.15, 0.2) is 53.4 Å². The van der Waals surface area contributed by atoms with Crippen LogP contribution in [0, 0.1) is 0 Å². The molecule has 26 heavy (non-hydrogen) atoms. The van der Waals surface area contributed by atoms with Crippen molar-refractivity contribution in [2.45, 2.75) is 11.4 Å². The zero-order valence-corrected chi connectivity index (χ0v) is 16.5. The number of hydrogen-bond donors (Lipinski definition) is 1. The van der Waals surface area contributed by atoms with Crippen molar-refractivity contribution >= 4 is 29.3 Å². The van der Waals surface area contributed by atoms with Crippen LogP contribution in [0.5, 0.6) is 0 Å². The van der Waals surface area contributed by atoms with E-state index in [1.165, 1.54) is 11.8 Å². The molecular weight excluding hydrogens is 346 g/mol. The standard InChI is InChI=1S/C20H25N3O2S/c1-22(2)16-11-9-15(10-12-16)13-21-20(25)17-7-5-6-8-18(17)26-14-19(24)23(3)4/h5-12H,13-14H2,1-4H3,(H,21,25). The Hall–Kier alpha value is -2.47. The van der Waals surface area contributed by atoms with E-state index in [2.05, 4.69) is 5.32 Å². The smallest absolute Gasteiger partial charge is 0.252 e. The average Bonchev–Trinajstić information content (AvgIpc) is 2.64. The number of anilines is 1. The molecule has 5 nitrogen and oxygen atoms in total. The van der Waals surface area contributed by atoms with Gasteiger partial charge in [0, 0.05) is 45.3 Å². The van der Waals surface area contributed by atoms with Crippen LogP contribution in [0.1, 0.15) is 15.9 Å². The van der Waals surface area contributed by atoms with Crippen molar-refractivity contribution in [1.82, 2.24) is 10.2 Å². The van der Waals surface area contributed by atoms with Gasteiger partial charge in [-0.25, -0.2) is 0 Å². The molecule has 0 aliphatic rings. The van der Waals surface area contributed by atoms with Crippen LogP contribution in [0.3, 0.4) is 0 Å². The van der Waals surface area contributed by atoms with Crippen molar-refractivity contribution in [3.63, 3.8) is 0 Å². The Morgan fingerprint density at radius 2 is 1.62 bits per heavy atom. The average molecular weight is 372 g/mol. The molecule has 0 atom stereocenters. The number of carbonyl (C=O) groups is 2. The Labute approximate surface area is 159 Å². The van der Waals surface area contributed by atoms with Crippen LogP contribution in [-0.4, -0.2) is 50.7 Å². The maximum absolute atomic E-state index is 12.6. The zero-order chi connectivity index (χ0) is 19.1. The molecule has 0 bridgehead atoms. The molecule has 0 saturated heterocycles. The highest BCUT2D eigenvalue weighted by atomic mass is 32.2. The van der Waals surface area contributed by atoms with E-state index in [1.807, 2.05) is 61.5 Å². The second-order valence-corrected chi connectivity index (χ2v) is 7.33. The summed E-state index contributed by atoms with van der Waals surface area (Å²) in [6, 6.07) is 15.4. The SMILES string of the molecule is CN(C)C(=O)CSc1ccccc1C(=O)NCc1ccc(N(C)C)cc1. The lowest BCUT2D eigenvalue weighted by atomic mass is 10.1. The van der Waals surface area contributed by atoms with Crippen molar-refractivity contribution in [3.05, 3.63) is 59.7 Å². The van der Waals surface area contributed by atoms with Crippen LogP contribution < -0.4 is 10.2 Å². The molecule has 6 heteroatoms. The summed E-state index contributed by atoms with van der Waals surface area (Å²) >= 11 is 1.38. The van der Waals surface area contributed by atoms with Gasteiger partial charge in [-0.1, -0.05) is 24.3 Å². The molecular formula is C20H25N3O2S. The minimum Gasteiger partial charge on any atom is -0.378 e. The van der Waals surface area contributed by atoms with E-state index in [4.69, 9.17) is 0 Å². The summed E-state index contributed by atoms with van der Waals surface area (Å²) in [5.74, 6) is 0.191. The first kappa shape index (κ1) is 19.8. The van der Waals surface area contributed by atoms with Gasteiger partial charge in [-0.05, 0) is 29.8 Å². The number of carbonyl (C=O) groups excluding carboxylic acids is 2. The summed E-state index contributed by atoms with van der Waals surface area (Å²) in [5, 5.41) is 2.95. The number of nitrogens with one attached hydrogen (secondary N) is 1. The van der Waals surface area contributed by atoms with Gasteiger partial charge in [0.1, 0.15) is 0 Å². The minimum absolute atomic E-state index is 0.0196. The summed E-state index contributed by atoms with van der Waals surface area (Å²) in [7, 11) is 7.44. The molecule has 0 fully saturated rings. The second kappa shape index (κ2) is 9.29. The molecule has 2 aromatic carbocycles. The summed E-state index contributed by atoms with van der Waals surface area (Å²) in [6.45, 7) is 0.460. The normalized spacial score (nSPS) is 10.3. The molecule has 0 saturated carbocycles. The number of hydrogen-bond acceptors (Lipinski definition) is 4. The van der Waals surface area contributed by atoms with Crippen LogP contribution in [-0.2, 0) is 11.3 Å². The Kier molecular flexibility index (Phi) is 7.09. The highest BCUT2D eigenvalue weighted by Gasteiger charge is 2.13. The van der Waals surface area contributed by atoms with Crippen LogP contribution in [0.25, 0.3) is 0 Å². The van der Waals surface area contributed by atoms with E-state index >= 15 is 0 Å². The first-order valence-corrected chi connectivity index (χ1v) is 9.33. The predicted molar refractivity (Wildman–Crippen MR) is 108 cm³/mol. The molecule has 0 heterocycles. The third-order valence-corrected chi connectivity index (χ3v) is 4.95.